The van der Waals surface area contributed by atoms with E-state index < -0.39 is 0 Å². The van der Waals surface area contributed by atoms with Crippen LogP contribution >= 0.6 is 0 Å². The molecule has 0 aromatic heterocycles. The van der Waals surface area contributed by atoms with Gasteiger partial charge in [-0.2, -0.15) is 0 Å². The second kappa shape index (κ2) is 8.83. The molecular formula is C2H6Hf2. The molecule has 0 radical (unpaired) electrons. The average Bonchev–Trinajstić information content (AvgIpc) is 0.918. The minimum absolute atomic E-state index is 0. The summed E-state index contributed by atoms with van der Waals surface area (Å²) in [4.78, 5) is 0. The van der Waals surface area contributed by atoms with Crippen molar-refractivity contribution in [3.8, 4) is 0 Å². The van der Waals surface area contributed by atoms with E-state index in [4.69, 9.17) is 0 Å². The Morgan fingerprint density at radius 3 is 1.25 bits per heavy atom. The summed E-state index contributed by atoms with van der Waals surface area (Å²) in [6.45, 7) is 0. The molecule has 0 fully saturated rings. The molecule has 0 bridgehead atoms. The fourth-order valence-electron chi connectivity index (χ4n) is 0. The molecule has 0 saturated carbocycles. The fourth-order valence-corrected chi connectivity index (χ4v) is 0. The second-order valence-corrected chi connectivity index (χ2v) is 4.09. The van der Waals surface area contributed by atoms with E-state index in [0.717, 1.165) is 0 Å². The molecule has 0 unspecified atom stereocenters. The predicted molar refractivity (Wildman–Crippen MR) is 11.7 cm³/mol. The maximum absolute atomic E-state index is 2.32. The van der Waals surface area contributed by atoms with Crippen LogP contribution in [0.25, 0.3) is 0 Å². The Kier molecular flexibility index (Phi) is 20.4. The Morgan fingerprint density at radius 2 is 1.25 bits per heavy atom. The molecule has 0 rings (SSSR count). The van der Waals surface area contributed by atoms with Gasteiger partial charge < -0.3 is 0 Å². The van der Waals surface area contributed by atoms with Crippen LogP contribution in [0.1, 0.15) is 0 Å². The van der Waals surface area contributed by atoms with Gasteiger partial charge in [0, 0.05) is 25.8 Å². The summed E-state index contributed by atoms with van der Waals surface area (Å²) in [5, 5.41) is 0. The monoisotopic (exact) mass is 390 g/mol. The molecular weight excluding hydrogens is 381 g/mol. The molecule has 0 heterocycles. The summed E-state index contributed by atoms with van der Waals surface area (Å²) in [6, 6.07) is 0. The minimum Gasteiger partial charge on any atom is 0 e. The smallest absolute Gasteiger partial charge is 0 e. The Morgan fingerprint density at radius 1 is 1.25 bits per heavy atom. The summed E-state index contributed by atoms with van der Waals surface area (Å²) < 4.78 is 4.64. The zero-order valence-corrected chi connectivity index (χ0v) is 10.2. The molecule has 0 nitrogen and oxygen atoms in total. The number of hydrogen-bond acceptors (Lipinski definition) is 0. The second-order valence-electron chi connectivity index (χ2n) is 0.500. The van der Waals surface area contributed by atoms with Gasteiger partial charge in [0.1, 0.15) is 0 Å². The van der Waals surface area contributed by atoms with Crippen LogP contribution in [0.5, 0.6) is 0 Å². The number of hydrogen-bond donors (Lipinski definition) is 0. The predicted octanol–water partition coefficient (Wildman–Crippen LogP) is 1.16. The van der Waals surface area contributed by atoms with Gasteiger partial charge in [-0.05, 0) is 0 Å². The molecule has 0 spiro atoms. The van der Waals surface area contributed by atoms with Crippen LogP contribution in [0.15, 0.2) is 0 Å². The van der Waals surface area contributed by atoms with Crippen LogP contribution < -0.4 is 0 Å². The van der Waals surface area contributed by atoms with Crippen LogP contribution in [0.4, 0.5) is 0 Å². The first-order valence-electron chi connectivity index (χ1n) is 1.00. The van der Waals surface area contributed by atoms with Crippen molar-refractivity contribution in [2.45, 2.75) is 9.36 Å². The molecule has 22 valence electrons. The molecule has 0 atom stereocenters. The van der Waals surface area contributed by atoms with E-state index in [-0.39, 0.29) is 48.7 Å². The summed E-state index contributed by atoms with van der Waals surface area (Å²) in [6.07, 6.45) is 0. The van der Waals surface area contributed by atoms with Gasteiger partial charge in [0.05, 0.1) is 0 Å². The minimum atomic E-state index is 0. The van der Waals surface area contributed by atoms with Crippen molar-refractivity contribution in [3.05, 3.63) is 0 Å². The van der Waals surface area contributed by atoms with Gasteiger partial charge in [-0.25, -0.2) is 0 Å². The van der Waals surface area contributed by atoms with Crippen molar-refractivity contribution in [2.75, 3.05) is 0 Å². The first kappa shape index (κ1) is 9.22. The van der Waals surface area contributed by atoms with Gasteiger partial charge in [0.25, 0.3) is 0 Å². The standard InChI is InChI=1S/2CH3.2Hf/h2*1H3;;. The number of rotatable bonds is 0. The van der Waals surface area contributed by atoms with Crippen LogP contribution in [0.2, 0.25) is 9.36 Å². The van der Waals surface area contributed by atoms with Crippen LogP contribution in [-0.4, -0.2) is 0 Å². The van der Waals surface area contributed by atoms with Crippen LogP contribution in [0, 0.1) is 0 Å². The molecule has 0 aliphatic carbocycles. The summed E-state index contributed by atoms with van der Waals surface area (Å²) >= 11 is 0.0833. The Hall–Kier alpha value is 1.74. The van der Waals surface area contributed by atoms with Gasteiger partial charge in [0.15, 0.2) is 0 Å². The normalized spacial score (nSPS) is 3.50. The van der Waals surface area contributed by atoms with E-state index in [1.54, 1.807) is 0 Å². The molecule has 0 aliphatic rings. The molecule has 2 heteroatoms. The average molecular weight is 387 g/mol. The van der Waals surface area contributed by atoms with Crippen molar-refractivity contribution in [1.29, 1.82) is 0 Å². The van der Waals surface area contributed by atoms with Crippen LogP contribution in [-0.2, 0) is 48.7 Å². The van der Waals surface area contributed by atoms with Crippen molar-refractivity contribution >= 4 is 0 Å². The van der Waals surface area contributed by atoms with E-state index in [9.17, 15) is 0 Å². The Labute approximate surface area is 57.5 Å². The largest absolute Gasteiger partial charge is 0 e. The first-order chi connectivity index (χ1) is 1.41. The maximum Gasteiger partial charge on any atom is 0 e. The molecule has 0 saturated heterocycles. The third-order valence-electron chi connectivity index (χ3n) is 0. The third-order valence-corrected chi connectivity index (χ3v) is 0. The molecule has 0 N–H and O–H groups in total. The van der Waals surface area contributed by atoms with Crippen molar-refractivity contribution in [3.63, 3.8) is 0 Å². The maximum atomic E-state index is 2.32. The van der Waals surface area contributed by atoms with Crippen molar-refractivity contribution in [1.82, 2.24) is 0 Å². The van der Waals surface area contributed by atoms with E-state index in [1.165, 1.54) is 0 Å². The van der Waals surface area contributed by atoms with E-state index in [1.807, 2.05) is 0 Å². The van der Waals surface area contributed by atoms with Crippen molar-refractivity contribution < 1.29 is 48.7 Å². The van der Waals surface area contributed by atoms with Crippen molar-refractivity contribution in [2.24, 2.45) is 0 Å². The fraction of sp³-hybridized carbons (Fsp3) is 1.00. The van der Waals surface area contributed by atoms with Gasteiger partial charge >= 0.3 is 32.3 Å². The molecule has 4 heavy (non-hydrogen) atoms. The Bertz CT molecular complexity index is 4.00. The van der Waals surface area contributed by atoms with Crippen LogP contribution in [0.3, 0.4) is 0 Å². The van der Waals surface area contributed by atoms with Gasteiger partial charge in [-0.3, -0.25) is 0 Å². The summed E-state index contributed by atoms with van der Waals surface area (Å²) in [5.41, 5.74) is 0. The molecule has 0 aromatic rings. The topological polar surface area (TPSA) is 0 Å². The first-order valence-corrected chi connectivity index (χ1v) is 8.19. The van der Waals surface area contributed by atoms with E-state index >= 15 is 0 Å². The quantitative estimate of drug-likeness (QED) is 0.548. The van der Waals surface area contributed by atoms with E-state index in [2.05, 4.69) is 9.36 Å². The van der Waals surface area contributed by atoms with Gasteiger partial charge in [-0.1, -0.05) is 0 Å². The molecule has 0 aliphatic heterocycles. The summed E-state index contributed by atoms with van der Waals surface area (Å²) in [5.74, 6) is 0. The Balaban J connectivity index is 0. The SMILES string of the molecule is [CH3][Hf][CH3].[Hf]. The summed E-state index contributed by atoms with van der Waals surface area (Å²) in [7, 11) is 0. The zero-order chi connectivity index (χ0) is 2.71. The van der Waals surface area contributed by atoms with E-state index in [0.29, 0.717) is 0 Å². The van der Waals surface area contributed by atoms with Gasteiger partial charge in [0.2, 0.25) is 0 Å². The zero-order valence-electron chi connectivity index (χ0n) is 3.00. The van der Waals surface area contributed by atoms with Gasteiger partial charge in [-0.15, -0.1) is 0 Å². The third kappa shape index (κ3) is 9.27. The molecule has 0 aromatic carbocycles. The molecule has 0 amide bonds.